The first-order chi connectivity index (χ1) is 37.1. The zero-order valence-corrected chi connectivity index (χ0v) is 40.7. The summed E-state index contributed by atoms with van der Waals surface area (Å²) in [6, 6.07) is 86.6. The number of aryl methyl sites for hydroxylation is 1. The molecule has 0 aliphatic heterocycles. The maximum absolute atomic E-state index is 5.20. The van der Waals surface area contributed by atoms with Gasteiger partial charge in [0.2, 0.25) is 0 Å². The lowest BCUT2D eigenvalue weighted by atomic mass is 10.0. The molecule has 0 fully saturated rings. The molecule has 75 heavy (non-hydrogen) atoms. The van der Waals surface area contributed by atoms with Crippen LogP contribution in [0.3, 0.4) is 0 Å². The summed E-state index contributed by atoms with van der Waals surface area (Å²) in [6.45, 7) is 2.09. The van der Waals surface area contributed by atoms with Crippen molar-refractivity contribution in [3.8, 4) is 90.8 Å². The van der Waals surface area contributed by atoms with E-state index in [2.05, 4.69) is 174 Å². The number of rotatable bonds is 9. The van der Waals surface area contributed by atoms with Gasteiger partial charge in [-0.1, -0.05) is 188 Å². The van der Waals surface area contributed by atoms with E-state index < -0.39 is 0 Å². The third-order valence-electron chi connectivity index (χ3n) is 14.1. The van der Waals surface area contributed by atoms with E-state index in [-0.39, 0.29) is 0 Å². The van der Waals surface area contributed by atoms with E-state index in [0.29, 0.717) is 34.9 Å². The van der Waals surface area contributed by atoms with Gasteiger partial charge in [-0.05, 0) is 84.8 Å². The summed E-state index contributed by atoms with van der Waals surface area (Å²) in [5.74, 6) is 3.71. The second kappa shape index (κ2) is 18.1. The summed E-state index contributed by atoms with van der Waals surface area (Å²) in [7, 11) is 0. The molecule has 14 rings (SSSR count). The Labute approximate surface area is 432 Å². The molecule has 0 saturated heterocycles. The fraction of sp³-hybridized carbons (Fsp3) is 0.0149. The van der Waals surface area contributed by atoms with Gasteiger partial charge >= 0.3 is 0 Å². The molecule has 0 N–H and O–H groups in total. The van der Waals surface area contributed by atoms with Gasteiger partial charge < -0.3 is 9.13 Å². The topological polar surface area (TPSA) is 87.2 Å². The van der Waals surface area contributed by atoms with Crippen LogP contribution in [0.15, 0.2) is 249 Å². The normalized spacial score (nSPS) is 11.5. The van der Waals surface area contributed by atoms with Crippen LogP contribution >= 0.6 is 0 Å². The summed E-state index contributed by atoms with van der Waals surface area (Å²) in [6.07, 6.45) is 0. The highest BCUT2D eigenvalue weighted by Crippen LogP contribution is 2.41. The van der Waals surface area contributed by atoms with E-state index >= 15 is 0 Å². The molecule has 8 heteroatoms. The highest BCUT2D eigenvalue weighted by Gasteiger charge is 2.22. The van der Waals surface area contributed by atoms with E-state index in [1.807, 2.05) is 91.0 Å². The average Bonchev–Trinajstić information content (AvgIpc) is 4.04. The van der Waals surface area contributed by atoms with Gasteiger partial charge in [0.15, 0.2) is 34.9 Å². The van der Waals surface area contributed by atoms with Crippen LogP contribution in [-0.4, -0.2) is 39.0 Å². The minimum absolute atomic E-state index is 0.605. The van der Waals surface area contributed by atoms with E-state index in [0.717, 1.165) is 105 Å². The summed E-state index contributed by atoms with van der Waals surface area (Å²) in [4.78, 5) is 30.7. The number of hydrogen-bond acceptors (Lipinski definition) is 6. The van der Waals surface area contributed by atoms with E-state index in [9.17, 15) is 0 Å². The molecule has 0 unspecified atom stereocenters. The van der Waals surface area contributed by atoms with Gasteiger partial charge in [-0.15, -0.1) is 0 Å². The number of nitrogens with zero attached hydrogens (tertiary/aromatic N) is 8. The molecule has 4 aromatic heterocycles. The molecular weight excluding hydrogens is 917 g/mol. The van der Waals surface area contributed by atoms with Crippen LogP contribution in [-0.2, 0) is 0 Å². The molecule has 0 bridgehead atoms. The Hall–Kier alpha value is -10.2. The van der Waals surface area contributed by atoms with Gasteiger partial charge in [-0.3, -0.25) is 0 Å². The van der Waals surface area contributed by atoms with Crippen molar-refractivity contribution in [1.29, 1.82) is 0 Å². The second-order valence-electron chi connectivity index (χ2n) is 18.8. The largest absolute Gasteiger partial charge is 0.309 e. The van der Waals surface area contributed by atoms with Crippen molar-refractivity contribution in [2.75, 3.05) is 0 Å². The molecule has 0 radical (unpaired) electrons. The summed E-state index contributed by atoms with van der Waals surface area (Å²) >= 11 is 0. The third-order valence-corrected chi connectivity index (χ3v) is 14.1. The first-order valence-corrected chi connectivity index (χ1v) is 25.1. The Morgan fingerprint density at radius 3 is 1.03 bits per heavy atom. The van der Waals surface area contributed by atoms with Gasteiger partial charge in [0.05, 0.1) is 33.4 Å². The molecule has 0 aliphatic rings. The van der Waals surface area contributed by atoms with Gasteiger partial charge in [-0.2, -0.15) is 0 Å². The van der Waals surface area contributed by atoms with Crippen molar-refractivity contribution in [2.24, 2.45) is 0 Å². The molecular formula is C67H44N8. The predicted octanol–water partition coefficient (Wildman–Crippen LogP) is 16.2. The van der Waals surface area contributed by atoms with E-state index in [1.54, 1.807) is 0 Å². The highest BCUT2D eigenvalue weighted by molar-refractivity contribution is 6.13. The average molecular weight is 961 g/mol. The maximum atomic E-state index is 5.20. The van der Waals surface area contributed by atoms with Crippen LogP contribution in [0.1, 0.15) is 5.56 Å². The SMILES string of the molecule is Cc1cccc(-c2nc(-c3ccccc3)nc(-c3ccccc3-n3c4ccccc4c4cc(-c5ccc6c(c5)c5ccccc5n6-c5ccccc5-c5nc(-c6ccccc6)nc(-c6ccccc6)n5)ccc43)n2)c1. The maximum Gasteiger partial charge on any atom is 0.166 e. The van der Waals surface area contributed by atoms with Crippen LogP contribution in [0.25, 0.3) is 134 Å². The highest BCUT2D eigenvalue weighted by atomic mass is 15.1. The van der Waals surface area contributed by atoms with E-state index in [1.165, 1.54) is 0 Å². The molecule has 0 spiro atoms. The van der Waals surface area contributed by atoms with Crippen LogP contribution in [0.2, 0.25) is 0 Å². The Balaban J connectivity index is 0.902. The molecule has 14 aromatic rings. The number of para-hydroxylation sites is 4. The lowest BCUT2D eigenvalue weighted by Crippen LogP contribution is -2.03. The lowest BCUT2D eigenvalue weighted by molar-refractivity contribution is 1.06. The fourth-order valence-electron chi connectivity index (χ4n) is 10.6. The van der Waals surface area contributed by atoms with Gasteiger partial charge in [-0.25, -0.2) is 29.9 Å². The number of aromatic nitrogens is 8. The van der Waals surface area contributed by atoms with Crippen molar-refractivity contribution in [2.45, 2.75) is 6.92 Å². The molecule has 0 saturated carbocycles. The van der Waals surface area contributed by atoms with Crippen molar-refractivity contribution < 1.29 is 0 Å². The third kappa shape index (κ3) is 7.71. The van der Waals surface area contributed by atoms with Crippen molar-refractivity contribution in [1.82, 2.24) is 39.0 Å². The van der Waals surface area contributed by atoms with Crippen molar-refractivity contribution in [3.05, 3.63) is 254 Å². The number of hydrogen-bond donors (Lipinski definition) is 0. The van der Waals surface area contributed by atoms with Crippen LogP contribution < -0.4 is 0 Å². The van der Waals surface area contributed by atoms with Crippen LogP contribution in [0, 0.1) is 6.92 Å². The standard InChI is InChI=1S/C67H44N8/c1-43-20-19-27-49(40-43)65-69-64(46-25-9-4-10-26-46)72-67(73-65)53-31-14-18-35-59(53)75-57-33-16-12-29-51(57)55-42-48(37-39-61(55)75)47-36-38-60-54(41-47)50-28-11-15-32-56(50)74(60)58-34-17-13-30-52(58)66-70-62(44-21-5-2-6-22-44)68-63(71-66)45-23-7-3-8-24-45/h2-42H,1H3. The fourth-order valence-corrected chi connectivity index (χ4v) is 10.6. The van der Waals surface area contributed by atoms with E-state index in [4.69, 9.17) is 29.9 Å². The smallest absolute Gasteiger partial charge is 0.166 e. The minimum Gasteiger partial charge on any atom is -0.309 e. The summed E-state index contributed by atoms with van der Waals surface area (Å²) in [5, 5.41) is 4.61. The second-order valence-corrected chi connectivity index (χ2v) is 18.8. The molecule has 0 aliphatic carbocycles. The Morgan fingerprint density at radius 2 is 0.587 bits per heavy atom. The van der Waals surface area contributed by atoms with Crippen LogP contribution in [0.5, 0.6) is 0 Å². The number of benzene rings is 10. The Kier molecular flexibility index (Phi) is 10.5. The number of fused-ring (bicyclic) bond motifs is 6. The quantitative estimate of drug-likeness (QED) is 0.143. The molecule has 352 valence electrons. The monoisotopic (exact) mass is 960 g/mol. The molecule has 8 nitrogen and oxygen atoms in total. The lowest BCUT2D eigenvalue weighted by Gasteiger charge is -2.15. The Morgan fingerprint density at radius 1 is 0.240 bits per heavy atom. The zero-order chi connectivity index (χ0) is 49.8. The first kappa shape index (κ1) is 43.6. The summed E-state index contributed by atoms with van der Waals surface area (Å²) < 4.78 is 4.71. The van der Waals surface area contributed by atoms with Crippen molar-refractivity contribution in [3.63, 3.8) is 0 Å². The van der Waals surface area contributed by atoms with Gasteiger partial charge in [0.25, 0.3) is 0 Å². The van der Waals surface area contributed by atoms with Crippen LogP contribution in [0.4, 0.5) is 0 Å². The Bertz CT molecular complexity index is 4430. The summed E-state index contributed by atoms with van der Waals surface area (Å²) in [5.41, 5.74) is 15.3. The van der Waals surface area contributed by atoms with Gasteiger partial charge in [0, 0.05) is 54.9 Å². The van der Waals surface area contributed by atoms with Gasteiger partial charge in [0.1, 0.15) is 0 Å². The molecule has 0 amide bonds. The molecule has 4 heterocycles. The van der Waals surface area contributed by atoms with Crippen molar-refractivity contribution >= 4 is 43.6 Å². The molecule has 0 atom stereocenters. The first-order valence-electron chi connectivity index (χ1n) is 25.1. The minimum atomic E-state index is 0.605. The predicted molar refractivity (Wildman–Crippen MR) is 305 cm³/mol. The zero-order valence-electron chi connectivity index (χ0n) is 40.7. The molecule has 10 aromatic carbocycles.